The summed E-state index contributed by atoms with van der Waals surface area (Å²) < 4.78 is 0.790. The van der Waals surface area contributed by atoms with Crippen molar-refractivity contribution in [2.24, 2.45) is 0 Å². The van der Waals surface area contributed by atoms with Crippen molar-refractivity contribution in [3.8, 4) is 0 Å². The summed E-state index contributed by atoms with van der Waals surface area (Å²) in [6.45, 7) is 2.00. The van der Waals surface area contributed by atoms with Crippen LogP contribution < -0.4 is 10.6 Å². The second-order valence-electron chi connectivity index (χ2n) is 4.66. The molecule has 7 heteroatoms. The molecule has 2 aromatic rings. The zero-order valence-electron chi connectivity index (χ0n) is 12.4. The molecule has 0 aliphatic heterocycles. The fourth-order valence-electron chi connectivity index (χ4n) is 1.65. The van der Waals surface area contributed by atoms with Crippen LogP contribution in [0, 0.1) is 6.92 Å². The molecule has 0 saturated heterocycles. The molecule has 5 nitrogen and oxygen atoms in total. The van der Waals surface area contributed by atoms with Crippen molar-refractivity contribution >= 4 is 40.6 Å². The van der Waals surface area contributed by atoms with Crippen molar-refractivity contribution in [3.63, 3.8) is 0 Å². The predicted octanol–water partition coefficient (Wildman–Crippen LogP) is 2.47. The average Bonchev–Trinajstić information content (AvgIpc) is 2.95. The highest BCUT2D eigenvalue weighted by molar-refractivity contribution is 8.01. The molecule has 0 unspecified atom stereocenters. The van der Waals surface area contributed by atoms with Gasteiger partial charge in [-0.2, -0.15) is 0 Å². The van der Waals surface area contributed by atoms with Crippen LogP contribution in [0.5, 0.6) is 0 Å². The van der Waals surface area contributed by atoms with E-state index in [0.29, 0.717) is 5.75 Å². The monoisotopic (exact) mass is 335 g/mol. The molecule has 0 aliphatic carbocycles. The molecule has 2 rings (SSSR count). The van der Waals surface area contributed by atoms with Gasteiger partial charge in [-0.25, -0.2) is 4.98 Å². The van der Waals surface area contributed by atoms with Crippen molar-refractivity contribution in [1.82, 2.24) is 10.3 Å². The number of rotatable bonds is 6. The van der Waals surface area contributed by atoms with E-state index in [9.17, 15) is 9.59 Å². The minimum atomic E-state index is -0.0723. The Balaban J connectivity index is 1.81. The first-order valence-electron chi connectivity index (χ1n) is 6.71. The number of nitrogens with zero attached hydrogens (tertiary/aromatic N) is 1. The van der Waals surface area contributed by atoms with Crippen LogP contribution in [-0.2, 0) is 16.0 Å². The summed E-state index contributed by atoms with van der Waals surface area (Å²) in [6, 6.07) is 7.66. The van der Waals surface area contributed by atoms with E-state index in [1.807, 2.05) is 36.6 Å². The first-order chi connectivity index (χ1) is 10.6. The van der Waals surface area contributed by atoms with Crippen LogP contribution in [0.25, 0.3) is 0 Å². The number of carbonyl (C=O) groups is 2. The minimum absolute atomic E-state index is 0.0704. The fourth-order valence-corrected chi connectivity index (χ4v) is 3.29. The number of amides is 2. The number of likely N-dealkylation sites (N-methyl/N-ethyl adjacent to an activating group) is 1. The second-order valence-corrected chi connectivity index (χ2v) is 6.74. The number of anilines is 1. The molecule has 0 aliphatic rings. The molecular formula is C15H17N3O2S2. The number of hydrogen-bond donors (Lipinski definition) is 2. The van der Waals surface area contributed by atoms with Crippen LogP contribution >= 0.6 is 23.1 Å². The molecule has 0 fully saturated rings. The lowest BCUT2D eigenvalue weighted by atomic mass is 10.2. The van der Waals surface area contributed by atoms with Crippen molar-refractivity contribution < 1.29 is 9.59 Å². The Kier molecular flexibility index (Phi) is 5.97. The van der Waals surface area contributed by atoms with Crippen molar-refractivity contribution in [3.05, 3.63) is 40.9 Å². The van der Waals surface area contributed by atoms with Gasteiger partial charge in [0, 0.05) is 18.1 Å². The summed E-state index contributed by atoms with van der Waals surface area (Å²) in [4.78, 5) is 27.5. The van der Waals surface area contributed by atoms with Crippen LogP contribution in [0.4, 0.5) is 5.69 Å². The number of carbonyl (C=O) groups excluding carboxylic acids is 2. The second kappa shape index (κ2) is 7.95. The highest BCUT2D eigenvalue weighted by Gasteiger charge is 2.09. The fraction of sp³-hybridized carbons (Fsp3) is 0.267. The zero-order valence-corrected chi connectivity index (χ0v) is 14.0. The van der Waals surface area contributed by atoms with Gasteiger partial charge in [-0.15, -0.1) is 11.3 Å². The van der Waals surface area contributed by atoms with Gasteiger partial charge in [0.1, 0.15) is 0 Å². The summed E-state index contributed by atoms with van der Waals surface area (Å²) >= 11 is 2.81. The first-order valence-corrected chi connectivity index (χ1v) is 8.57. The molecule has 0 radical (unpaired) electrons. The summed E-state index contributed by atoms with van der Waals surface area (Å²) in [6.07, 6.45) is 0.267. The Morgan fingerprint density at radius 1 is 1.23 bits per heavy atom. The number of thioether (sulfide) groups is 1. The average molecular weight is 335 g/mol. The van der Waals surface area contributed by atoms with E-state index in [4.69, 9.17) is 0 Å². The molecule has 0 bridgehead atoms. The maximum absolute atomic E-state index is 11.9. The molecule has 0 spiro atoms. The van der Waals surface area contributed by atoms with Gasteiger partial charge in [-0.1, -0.05) is 29.5 Å². The number of nitrogens with one attached hydrogen (secondary N) is 2. The smallest absolute Gasteiger partial charge is 0.234 e. The van der Waals surface area contributed by atoms with Gasteiger partial charge in [-0.3, -0.25) is 9.59 Å². The van der Waals surface area contributed by atoms with E-state index in [0.717, 1.165) is 21.3 Å². The van der Waals surface area contributed by atoms with Crippen LogP contribution in [0.15, 0.2) is 34.0 Å². The third-order valence-electron chi connectivity index (χ3n) is 2.81. The molecule has 1 aromatic heterocycles. The van der Waals surface area contributed by atoms with E-state index in [-0.39, 0.29) is 18.2 Å². The zero-order chi connectivity index (χ0) is 15.9. The molecule has 116 valence electrons. The third kappa shape index (κ3) is 5.16. The topological polar surface area (TPSA) is 71.1 Å². The Morgan fingerprint density at radius 2 is 1.95 bits per heavy atom. The highest BCUT2D eigenvalue weighted by atomic mass is 32.2. The molecule has 1 aromatic carbocycles. The normalized spacial score (nSPS) is 10.3. The Hall–Kier alpha value is -1.86. The standard InChI is InChI=1S/C15H17N3O2S2/c1-10-3-5-11(6-4-10)17-14(20)9-22-15-18-12(8-21-15)7-13(19)16-2/h3-6,8H,7,9H2,1-2H3,(H,16,19)(H,17,20). The number of thiazole rings is 1. The van der Waals surface area contributed by atoms with Gasteiger partial charge < -0.3 is 10.6 Å². The summed E-state index contributed by atoms with van der Waals surface area (Å²) in [7, 11) is 1.60. The van der Waals surface area contributed by atoms with Gasteiger partial charge in [-0.05, 0) is 19.1 Å². The lowest BCUT2D eigenvalue weighted by Crippen LogP contribution is -2.20. The number of aromatic nitrogens is 1. The molecule has 0 saturated carbocycles. The lowest BCUT2D eigenvalue weighted by molar-refractivity contribution is -0.120. The quantitative estimate of drug-likeness (QED) is 0.796. The molecule has 2 amide bonds. The number of benzene rings is 1. The molecular weight excluding hydrogens is 318 g/mol. The van der Waals surface area contributed by atoms with Gasteiger partial charge in [0.15, 0.2) is 4.34 Å². The van der Waals surface area contributed by atoms with Gasteiger partial charge >= 0.3 is 0 Å². The molecule has 0 atom stereocenters. The summed E-state index contributed by atoms with van der Waals surface area (Å²) in [5.74, 6) is 0.150. The maximum atomic E-state index is 11.9. The third-order valence-corrected chi connectivity index (χ3v) is 4.88. The Morgan fingerprint density at radius 3 is 2.64 bits per heavy atom. The SMILES string of the molecule is CNC(=O)Cc1csc(SCC(=O)Nc2ccc(C)cc2)n1. The lowest BCUT2D eigenvalue weighted by Gasteiger charge is -2.04. The summed E-state index contributed by atoms with van der Waals surface area (Å²) in [5, 5.41) is 7.24. The maximum Gasteiger partial charge on any atom is 0.234 e. The Labute approximate surface area is 137 Å². The van der Waals surface area contributed by atoms with E-state index in [2.05, 4.69) is 15.6 Å². The van der Waals surface area contributed by atoms with Crippen molar-refractivity contribution in [1.29, 1.82) is 0 Å². The van der Waals surface area contributed by atoms with Crippen molar-refractivity contribution in [2.75, 3.05) is 18.1 Å². The molecule has 22 heavy (non-hydrogen) atoms. The predicted molar refractivity (Wildman–Crippen MR) is 90.4 cm³/mol. The summed E-state index contributed by atoms with van der Waals surface area (Å²) in [5.41, 5.74) is 2.67. The van der Waals surface area contributed by atoms with Crippen LogP contribution in [0.2, 0.25) is 0 Å². The number of hydrogen-bond acceptors (Lipinski definition) is 5. The van der Waals surface area contributed by atoms with Gasteiger partial charge in [0.2, 0.25) is 11.8 Å². The van der Waals surface area contributed by atoms with Crippen LogP contribution in [0.1, 0.15) is 11.3 Å². The van der Waals surface area contributed by atoms with Gasteiger partial charge in [0.25, 0.3) is 0 Å². The van der Waals surface area contributed by atoms with E-state index < -0.39 is 0 Å². The van der Waals surface area contributed by atoms with E-state index in [1.165, 1.54) is 23.1 Å². The van der Waals surface area contributed by atoms with Crippen LogP contribution in [-0.4, -0.2) is 29.6 Å². The van der Waals surface area contributed by atoms with E-state index >= 15 is 0 Å². The largest absolute Gasteiger partial charge is 0.359 e. The Bertz CT molecular complexity index is 653. The van der Waals surface area contributed by atoms with Crippen molar-refractivity contribution in [2.45, 2.75) is 17.7 Å². The highest BCUT2D eigenvalue weighted by Crippen LogP contribution is 2.23. The van der Waals surface area contributed by atoms with E-state index in [1.54, 1.807) is 7.05 Å². The molecule has 1 heterocycles. The minimum Gasteiger partial charge on any atom is -0.359 e. The molecule has 2 N–H and O–H groups in total. The van der Waals surface area contributed by atoms with Crippen LogP contribution in [0.3, 0.4) is 0 Å². The number of aryl methyl sites for hydroxylation is 1. The first kappa shape index (κ1) is 16.5. The van der Waals surface area contributed by atoms with Gasteiger partial charge in [0.05, 0.1) is 17.9 Å².